The van der Waals surface area contributed by atoms with Gasteiger partial charge in [-0.05, 0) is 12.1 Å². The highest BCUT2D eigenvalue weighted by atomic mass is 127. The van der Waals surface area contributed by atoms with Crippen LogP contribution in [0.3, 0.4) is 0 Å². The van der Waals surface area contributed by atoms with Crippen LogP contribution in [0.2, 0.25) is 0 Å². The summed E-state index contributed by atoms with van der Waals surface area (Å²) in [5, 5.41) is 12.5. The molecule has 1 aromatic heterocycles. The van der Waals surface area contributed by atoms with E-state index in [0.717, 1.165) is 14.5 Å². The van der Waals surface area contributed by atoms with Crippen molar-refractivity contribution in [1.82, 2.24) is 5.06 Å². The first-order valence-corrected chi connectivity index (χ1v) is 5.79. The van der Waals surface area contributed by atoms with Crippen LogP contribution in [0.25, 0.3) is 0 Å². The Morgan fingerprint density at radius 3 is 3.07 bits per heavy atom. The Balaban J connectivity index is 2.18. The van der Waals surface area contributed by atoms with Gasteiger partial charge in [-0.1, -0.05) is 12.2 Å². The van der Waals surface area contributed by atoms with Crippen molar-refractivity contribution in [2.75, 3.05) is 6.54 Å². The zero-order valence-electron chi connectivity index (χ0n) is 8.14. The van der Waals surface area contributed by atoms with E-state index in [9.17, 15) is 5.21 Å². The quantitative estimate of drug-likeness (QED) is 0.474. The summed E-state index contributed by atoms with van der Waals surface area (Å²) in [6, 6.07) is 5.98. The molecular weight excluding hydrogens is 303 g/mol. The molecule has 0 amide bonds. The third kappa shape index (κ3) is 2.57. The molecule has 0 unspecified atom stereocenters. The highest BCUT2D eigenvalue weighted by Gasteiger charge is 2.10. The Morgan fingerprint density at radius 1 is 1.47 bits per heavy atom. The van der Waals surface area contributed by atoms with Gasteiger partial charge in [0.15, 0.2) is 12.7 Å². The van der Waals surface area contributed by atoms with Gasteiger partial charge in [0.2, 0.25) is 3.70 Å². The van der Waals surface area contributed by atoms with Crippen LogP contribution in [-0.2, 0) is 6.54 Å². The van der Waals surface area contributed by atoms with Crippen molar-refractivity contribution in [2.45, 2.75) is 6.54 Å². The van der Waals surface area contributed by atoms with Gasteiger partial charge in [0.1, 0.15) is 0 Å². The maximum atomic E-state index is 11.5. The topological polar surface area (TPSA) is 30.2 Å². The molecule has 4 heteroatoms. The molecule has 0 saturated heterocycles. The summed E-state index contributed by atoms with van der Waals surface area (Å²) in [7, 11) is 0. The molecule has 0 bridgehead atoms. The van der Waals surface area contributed by atoms with E-state index in [1.165, 1.54) is 0 Å². The number of pyridine rings is 1. The molecule has 2 rings (SSSR count). The Kier molecular flexibility index (Phi) is 3.37. The molecule has 3 nitrogen and oxygen atoms in total. The number of hydrogen-bond donors (Lipinski definition) is 0. The highest BCUT2D eigenvalue weighted by Crippen LogP contribution is 2.08. The summed E-state index contributed by atoms with van der Waals surface area (Å²) in [5.41, 5.74) is 0.798. The molecule has 0 fully saturated rings. The van der Waals surface area contributed by atoms with Gasteiger partial charge in [-0.25, -0.2) is 0 Å². The van der Waals surface area contributed by atoms with Crippen molar-refractivity contribution in [3.8, 4) is 0 Å². The van der Waals surface area contributed by atoms with Crippen LogP contribution in [0.15, 0.2) is 48.3 Å². The van der Waals surface area contributed by atoms with E-state index in [0.29, 0.717) is 13.1 Å². The van der Waals surface area contributed by atoms with E-state index in [-0.39, 0.29) is 0 Å². The van der Waals surface area contributed by atoms with Gasteiger partial charge >= 0.3 is 0 Å². The Hall–Kier alpha value is -0.880. The number of allylic oxidation sites excluding steroid dienone is 3. The lowest BCUT2D eigenvalue weighted by Gasteiger charge is -2.32. The Labute approximate surface area is 102 Å². The lowest BCUT2D eigenvalue weighted by atomic mass is 10.3. The van der Waals surface area contributed by atoms with Crippen LogP contribution in [0.1, 0.15) is 0 Å². The van der Waals surface area contributed by atoms with Gasteiger partial charge in [0.05, 0.1) is 5.70 Å². The Morgan fingerprint density at radius 2 is 2.33 bits per heavy atom. The maximum Gasteiger partial charge on any atom is 0.241 e. The third-order valence-electron chi connectivity index (χ3n) is 2.23. The van der Waals surface area contributed by atoms with Crippen molar-refractivity contribution < 1.29 is 4.57 Å². The van der Waals surface area contributed by atoms with Crippen LogP contribution in [-0.4, -0.2) is 11.6 Å². The maximum absolute atomic E-state index is 11.5. The largest absolute Gasteiger partial charge is 0.758 e. The smallest absolute Gasteiger partial charge is 0.241 e. The van der Waals surface area contributed by atoms with E-state index in [1.807, 2.05) is 42.6 Å². The summed E-state index contributed by atoms with van der Waals surface area (Å²) in [4.78, 5) is 0. The van der Waals surface area contributed by atoms with Gasteiger partial charge in [-0.15, -0.1) is 0 Å². The lowest BCUT2D eigenvalue weighted by molar-refractivity contribution is -0.702. The SMILES string of the molecule is [O-]N1CC=CC=C1C[n+]1ccccc1I. The first-order chi connectivity index (χ1) is 7.27. The average Bonchev–Trinajstić information content (AvgIpc) is 2.24. The fraction of sp³-hybridized carbons (Fsp3) is 0.182. The van der Waals surface area contributed by atoms with Crippen molar-refractivity contribution in [1.29, 1.82) is 0 Å². The monoisotopic (exact) mass is 314 g/mol. The van der Waals surface area contributed by atoms with Crippen molar-refractivity contribution in [3.05, 3.63) is 57.2 Å². The second-order valence-electron chi connectivity index (χ2n) is 3.30. The van der Waals surface area contributed by atoms with Crippen molar-refractivity contribution >= 4 is 22.6 Å². The highest BCUT2D eigenvalue weighted by molar-refractivity contribution is 14.1. The predicted molar refractivity (Wildman–Crippen MR) is 66.7 cm³/mol. The van der Waals surface area contributed by atoms with Crippen LogP contribution >= 0.6 is 22.6 Å². The second kappa shape index (κ2) is 4.76. The summed E-state index contributed by atoms with van der Waals surface area (Å²) >= 11 is 2.26. The van der Waals surface area contributed by atoms with E-state index in [1.54, 1.807) is 0 Å². The summed E-state index contributed by atoms with van der Waals surface area (Å²) < 4.78 is 3.18. The molecule has 0 atom stereocenters. The van der Waals surface area contributed by atoms with Crippen LogP contribution < -0.4 is 4.57 Å². The summed E-state index contributed by atoms with van der Waals surface area (Å²) in [6.07, 6.45) is 7.64. The fourth-order valence-corrected chi connectivity index (χ4v) is 1.96. The standard InChI is InChI=1S/C11H11IN2O/c12-11-6-2-3-7-13(11)9-10-5-1-4-8-14(10)15/h1-7H,8-9H2. The van der Waals surface area contributed by atoms with Crippen LogP contribution in [0.4, 0.5) is 0 Å². The molecule has 1 aliphatic heterocycles. The van der Waals surface area contributed by atoms with E-state index >= 15 is 0 Å². The lowest BCUT2D eigenvalue weighted by Crippen LogP contribution is -2.40. The molecule has 0 aliphatic carbocycles. The number of hydroxylamine groups is 2. The van der Waals surface area contributed by atoms with E-state index in [4.69, 9.17) is 0 Å². The molecule has 1 aliphatic rings. The molecule has 78 valence electrons. The van der Waals surface area contributed by atoms with Gasteiger partial charge in [0, 0.05) is 41.3 Å². The van der Waals surface area contributed by atoms with Crippen LogP contribution in [0, 0.1) is 8.91 Å². The van der Waals surface area contributed by atoms with Crippen LogP contribution in [0.5, 0.6) is 0 Å². The number of rotatable bonds is 2. The Bertz CT molecular complexity index is 415. The third-order valence-corrected chi connectivity index (χ3v) is 3.21. The zero-order valence-corrected chi connectivity index (χ0v) is 10.3. The molecule has 0 N–H and O–H groups in total. The number of aromatic nitrogens is 1. The summed E-state index contributed by atoms with van der Waals surface area (Å²) in [5.74, 6) is 0. The predicted octanol–water partition coefficient (Wildman–Crippen LogP) is 1.83. The molecule has 0 spiro atoms. The van der Waals surface area contributed by atoms with Gasteiger partial charge < -0.3 is 10.3 Å². The van der Waals surface area contributed by atoms with Gasteiger partial charge in [-0.2, -0.15) is 4.57 Å². The molecule has 0 radical (unpaired) electrons. The first-order valence-electron chi connectivity index (χ1n) is 4.72. The number of hydrogen-bond acceptors (Lipinski definition) is 2. The minimum atomic E-state index is 0.454. The van der Waals surface area contributed by atoms with Gasteiger partial charge in [-0.3, -0.25) is 0 Å². The minimum Gasteiger partial charge on any atom is -0.758 e. The second-order valence-corrected chi connectivity index (χ2v) is 4.40. The molecule has 15 heavy (non-hydrogen) atoms. The summed E-state index contributed by atoms with van der Waals surface area (Å²) in [6.45, 7) is 1.09. The van der Waals surface area contributed by atoms with Crippen molar-refractivity contribution in [3.63, 3.8) is 0 Å². The van der Waals surface area contributed by atoms with Gasteiger partial charge in [0.25, 0.3) is 0 Å². The van der Waals surface area contributed by atoms with E-state index < -0.39 is 0 Å². The van der Waals surface area contributed by atoms with E-state index in [2.05, 4.69) is 27.2 Å². The normalized spacial score (nSPS) is 15.3. The molecular formula is C11H11IN2O. The molecule has 2 heterocycles. The molecule has 1 aromatic rings. The number of halogens is 1. The fourth-order valence-electron chi connectivity index (χ4n) is 1.43. The minimum absolute atomic E-state index is 0.454. The zero-order chi connectivity index (χ0) is 10.7. The molecule has 0 aromatic carbocycles. The molecule has 0 saturated carbocycles. The average molecular weight is 314 g/mol. The first kappa shape index (κ1) is 10.6. The van der Waals surface area contributed by atoms with Crippen molar-refractivity contribution in [2.24, 2.45) is 0 Å². The number of nitrogens with zero attached hydrogens (tertiary/aromatic N) is 2.